The third-order valence-corrected chi connectivity index (χ3v) is 2.94. The molecule has 6 heteroatoms. The first-order valence-corrected chi connectivity index (χ1v) is 5.60. The standard InChI is InChI=1S/C12H14F2N2O2/c13-9-2-1-8(5-10(9)14)6-16-11(17)12(15)3-4-18-7-12/h1-2,5H,3-4,6-7,15H2,(H,16,17). The molecule has 0 bridgehead atoms. The van der Waals surface area contributed by atoms with Gasteiger partial charge in [0, 0.05) is 13.2 Å². The third kappa shape index (κ3) is 2.65. The lowest BCUT2D eigenvalue weighted by Gasteiger charge is -2.20. The quantitative estimate of drug-likeness (QED) is 0.836. The van der Waals surface area contributed by atoms with E-state index in [-0.39, 0.29) is 19.1 Å². The summed E-state index contributed by atoms with van der Waals surface area (Å²) in [6, 6.07) is 3.48. The van der Waals surface area contributed by atoms with Crippen molar-refractivity contribution in [1.29, 1.82) is 0 Å². The second-order valence-electron chi connectivity index (χ2n) is 4.39. The minimum Gasteiger partial charge on any atom is -0.379 e. The molecule has 1 aromatic rings. The number of carbonyl (C=O) groups is 1. The molecule has 0 spiro atoms. The second kappa shape index (κ2) is 4.99. The Kier molecular flexibility index (Phi) is 3.58. The van der Waals surface area contributed by atoms with Gasteiger partial charge in [-0.15, -0.1) is 0 Å². The predicted octanol–water partition coefficient (Wildman–Crippen LogP) is 0.699. The summed E-state index contributed by atoms with van der Waals surface area (Å²) < 4.78 is 30.7. The van der Waals surface area contributed by atoms with Gasteiger partial charge in [0.1, 0.15) is 5.54 Å². The lowest BCUT2D eigenvalue weighted by molar-refractivity contribution is -0.126. The van der Waals surface area contributed by atoms with E-state index in [1.165, 1.54) is 6.07 Å². The van der Waals surface area contributed by atoms with Crippen LogP contribution in [0.3, 0.4) is 0 Å². The van der Waals surface area contributed by atoms with Crippen molar-refractivity contribution in [3.05, 3.63) is 35.4 Å². The Bertz CT molecular complexity index is 459. The molecule has 1 unspecified atom stereocenters. The molecule has 1 heterocycles. The van der Waals surface area contributed by atoms with Crippen molar-refractivity contribution >= 4 is 5.91 Å². The molecule has 1 saturated heterocycles. The Hall–Kier alpha value is -1.53. The summed E-state index contributed by atoms with van der Waals surface area (Å²) >= 11 is 0. The van der Waals surface area contributed by atoms with Gasteiger partial charge >= 0.3 is 0 Å². The van der Waals surface area contributed by atoms with Gasteiger partial charge in [-0.3, -0.25) is 4.79 Å². The molecule has 1 aromatic carbocycles. The van der Waals surface area contributed by atoms with Gasteiger partial charge in [0.2, 0.25) is 5.91 Å². The van der Waals surface area contributed by atoms with Crippen LogP contribution in [-0.4, -0.2) is 24.7 Å². The molecule has 1 amide bonds. The van der Waals surface area contributed by atoms with Crippen LogP contribution in [0.15, 0.2) is 18.2 Å². The maximum atomic E-state index is 12.9. The lowest BCUT2D eigenvalue weighted by atomic mass is 9.99. The van der Waals surface area contributed by atoms with Crippen LogP contribution in [0.1, 0.15) is 12.0 Å². The van der Waals surface area contributed by atoms with Gasteiger partial charge < -0.3 is 15.8 Å². The van der Waals surface area contributed by atoms with E-state index in [2.05, 4.69) is 5.32 Å². The molecule has 98 valence electrons. The van der Waals surface area contributed by atoms with Crippen LogP contribution >= 0.6 is 0 Å². The molecule has 2 rings (SSSR count). The van der Waals surface area contributed by atoms with E-state index < -0.39 is 17.2 Å². The van der Waals surface area contributed by atoms with E-state index in [4.69, 9.17) is 10.5 Å². The summed E-state index contributed by atoms with van der Waals surface area (Å²) in [7, 11) is 0. The average molecular weight is 256 g/mol. The number of amides is 1. The zero-order valence-corrected chi connectivity index (χ0v) is 9.71. The van der Waals surface area contributed by atoms with Crippen molar-refractivity contribution in [3.63, 3.8) is 0 Å². The van der Waals surface area contributed by atoms with Crippen molar-refractivity contribution in [3.8, 4) is 0 Å². The van der Waals surface area contributed by atoms with Crippen molar-refractivity contribution in [1.82, 2.24) is 5.32 Å². The molecule has 0 aliphatic carbocycles. The number of nitrogens with two attached hydrogens (primary N) is 1. The Morgan fingerprint density at radius 1 is 1.44 bits per heavy atom. The maximum absolute atomic E-state index is 12.9. The molecule has 1 atom stereocenters. The number of nitrogens with one attached hydrogen (secondary N) is 1. The van der Waals surface area contributed by atoms with E-state index in [0.717, 1.165) is 12.1 Å². The summed E-state index contributed by atoms with van der Waals surface area (Å²) in [5.41, 5.74) is 5.31. The number of halogens is 2. The molecule has 4 nitrogen and oxygen atoms in total. The molecular weight excluding hydrogens is 242 g/mol. The van der Waals surface area contributed by atoms with Gasteiger partial charge in [-0.05, 0) is 24.1 Å². The number of carbonyl (C=O) groups excluding carboxylic acids is 1. The van der Waals surface area contributed by atoms with Gasteiger partial charge in [0.05, 0.1) is 6.61 Å². The fraction of sp³-hybridized carbons (Fsp3) is 0.417. The fourth-order valence-corrected chi connectivity index (χ4v) is 1.77. The first-order chi connectivity index (χ1) is 8.51. The SMILES string of the molecule is NC1(C(=O)NCc2ccc(F)c(F)c2)CCOC1. The van der Waals surface area contributed by atoms with Crippen LogP contribution in [0, 0.1) is 11.6 Å². The number of rotatable bonds is 3. The molecular formula is C12H14F2N2O2. The van der Waals surface area contributed by atoms with Crippen LogP contribution in [0.2, 0.25) is 0 Å². The number of hydrogen-bond acceptors (Lipinski definition) is 3. The van der Waals surface area contributed by atoms with E-state index in [0.29, 0.717) is 18.6 Å². The van der Waals surface area contributed by atoms with E-state index >= 15 is 0 Å². The third-order valence-electron chi connectivity index (χ3n) is 2.94. The highest BCUT2D eigenvalue weighted by Gasteiger charge is 2.37. The summed E-state index contributed by atoms with van der Waals surface area (Å²) in [6.07, 6.45) is 0.455. The van der Waals surface area contributed by atoms with Crippen molar-refractivity contribution in [2.75, 3.05) is 13.2 Å². The summed E-state index contributed by atoms with van der Waals surface area (Å²) in [5, 5.41) is 2.60. The molecule has 1 fully saturated rings. The van der Waals surface area contributed by atoms with Gasteiger partial charge in [-0.1, -0.05) is 6.07 Å². The largest absolute Gasteiger partial charge is 0.379 e. The van der Waals surface area contributed by atoms with Crippen molar-refractivity contribution in [2.45, 2.75) is 18.5 Å². The minimum absolute atomic E-state index is 0.106. The smallest absolute Gasteiger partial charge is 0.242 e. The molecule has 18 heavy (non-hydrogen) atoms. The van der Waals surface area contributed by atoms with Gasteiger partial charge in [-0.25, -0.2) is 8.78 Å². The lowest BCUT2D eigenvalue weighted by Crippen LogP contribution is -2.54. The minimum atomic E-state index is -1.02. The first kappa shape index (κ1) is 12.9. The molecule has 0 aromatic heterocycles. The maximum Gasteiger partial charge on any atom is 0.242 e. The number of benzene rings is 1. The normalized spacial score (nSPS) is 23.1. The van der Waals surface area contributed by atoms with Crippen molar-refractivity contribution < 1.29 is 18.3 Å². The molecule has 0 radical (unpaired) electrons. The fourth-order valence-electron chi connectivity index (χ4n) is 1.77. The highest BCUT2D eigenvalue weighted by Crippen LogP contribution is 2.16. The monoisotopic (exact) mass is 256 g/mol. The number of hydrogen-bond donors (Lipinski definition) is 2. The van der Waals surface area contributed by atoms with E-state index in [1.54, 1.807) is 0 Å². The highest BCUT2D eigenvalue weighted by molar-refractivity contribution is 5.86. The van der Waals surface area contributed by atoms with Crippen LogP contribution < -0.4 is 11.1 Å². The van der Waals surface area contributed by atoms with Gasteiger partial charge in [0.15, 0.2) is 11.6 Å². The topological polar surface area (TPSA) is 64.4 Å². The van der Waals surface area contributed by atoms with E-state index in [1.807, 2.05) is 0 Å². The Labute approximate surface area is 103 Å². The zero-order chi connectivity index (χ0) is 13.2. The second-order valence-corrected chi connectivity index (χ2v) is 4.39. The molecule has 1 aliphatic rings. The predicted molar refractivity (Wildman–Crippen MR) is 60.6 cm³/mol. The summed E-state index contributed by atoms with van der Waals surface area (Å²) in [4.78, 5) is 11.8. The van der Waals surface area contributed by atoms with Gasteiger partial charge in [0.25, 0.3) is 0 Å². The molecule has 1 aliphatic heterocycles. The highest BCUT2D eigenvalue weighted by atomic mass is 19.2. The van der Waals surface area contributed by atoms with Crippen LogP contribution in [0.5, 0.6) is 0 Å². The number of ether oxygens (including phenoxy) is 1. The Balaban J connectivity index is 1.95. The van der Waals surface area contributed by atoms with Crippen LogP contribution in [0.4, 0.5) is 8.78 Å². The average Bonchev–Trinajstić information content (AvgIpc) is 2.79. The van der Waals surface area contributed by atoms with Crippen LogP contribution in [0.25, 0.3) is 0 Å². The Morgan fingerprint density at radius 3 is 2.83 bits per heavy atom. The molecule has 0 saturated carbocycles. The van der Waals surface area contributed by atoms with Gasteiger partial charge in [-0.2, -0.15) is 0 Å². The molecule has 3 N–H and O–H groups in total. The summed E-state index contributed by atoms with van der Waals surface area (Å²) in [5.74, 6) is -2.19. The van der Waals surface area contributed by atoms with Crippen LogP contribution in [-0.2, 0) is 16.1 Å². The zero-order valence-electron chi connectivity index (χ0n) is 9.71. The first-order valence-electron chi connectivity index (χ1n) is 5.60. The van der Waals surface area contributed by atoms with Crippen molar-refractivity contribution in [2.24, 2.45) is 5.73 Å². The summed E-state index contributed by atoms with van der Waals surface area (Å²) in [6.45, 7) is 0.737. The van der Waals surface area contributed by atoms with E-state index in [9.17, 15) is 13.6 Å². The Morgan fingerprint density at radius 2 is 2.22 bits per heavy atom.